The molecule has 4 aromatic rings. The Hall–Kier alpha value is -5.00. The van der Waals surface area contributed by atoms with Crippen LogP contribution in [0.25, 0.3) is 5.65 Å². The van der Waals surface area contributed by atoms with Gasteiger partial charge in [-0.05, 0) is 67.8 Å². The highest BCUT2D eigenvalue weighted by Gasteiger charge is 2.32. The van der Waals surface area contributed by atoms with Crippen LogP contribution in [0.5, 0.6) is 11.5 Å². The molecule has 12 heteroatoms. The summed E-state index contributed by atoms with van der Waals surface area (Å²) in [4.78, 5) is 44.5. The van der Waals surface area contributed by atoms with E-state index in [1.165, 1.54) is 41.3 Å². The molecule has 6 rings (SSSR count). The van der Waals surface area contributed by atoms with E-state index in [4.69, 9.17) is 4.74 Å². The number of rotatable bonds is 6. The Balaban J connectivity index is 1.11. The summed E-state index contributed by atoms with van der Waals surface area (Å²) in [6.45, 7) is 0.574. The fourth-order valence-corrected chi connectivity index (χ4v) is 4.42. The van der Waals surface area contributed by atoms with E-state index in [-0.39, 0.29) is 29.8 Å². The molecular formula is C28H24F2N6O4. The fraction of sp³-hybridized carbons (Fsp3) is 0.214. The van der Waals surface area contributed by atoms with Crippen LogP contribution in [0.15, 0.2) is 67.0 Å². The number of urea groups is 2. The summed E-state index contributed by atoms with van der Waals surface area (Å²) in [7, 11) is 0. The molecule has 1 saturated heterocycles. The number of carbonyl (C=O) groups excluding carboxylic acids is 3. The van der Waals surface area contributed by atoms with Gasteiger partial charge in [-0.2, -0.15) is 0 Å². The van der Waals surface area contributed by atoms with E-state index in [0.717, 1.165) is 23.8 Å². The van der Waals surface area contributed by atoms with Crippen molar-refractivity contribution in [3.8, 4) is 11.5 Å². The first-order valence-electron chi connectivity index (χ1n) is 12.8. The van der Waals surface area contributed by atoms with Gasteiger partial charge in [0.1, 0.15) is 17.2 Å². The molecule has 0 radical (unpaired) electrons. The molecule has 0 spiro atoms. The van der Waals surface area contributed by atoms with Crippen molar-refractivity contribution in [1.29, 1.82) is 0 Å². The number of anilines is 3. The van der Waals surface area contributed by atoms with Gasteiger partial charge in [-0.25, -0.2) is 28.3 Å². The number of imide groups is 1. The molecule has 2 N–H and O–H groups in total. The van der Waals surface area contributed by atoms with E-state index in [2.05, 4.69) is 15.6 Å². The van der Waals surface area contributed by atoms with Gasteiger partial charge in [0.15, 0.2) is 17.4 Å². The zero-order chi connectivity index (χ0) is 27.8. The quantitative estimate of drug-likeness (QED) is 0.327. The summed E-state index contributed by atoms with van der Waals surface area (Å²) in [5, 5.41) is 5.33. The van der Waals surface area contributed by atoms with Gasteiger partial charge in [-0.1, -0.05) is 0 Å². The SMILES string of the molecule is O=C(Nc1cn2cc(Oc3ccc(NC(=O)N4CCCN(c5ccc(F)cc5)C4=O)cc3F)ccc2n1)C1CC1. The first kappa shape index (κ1) is 25.3. The van der Waals surface area contributed by atoms with Crippen LogP contribution in [0, 0.1) is 17.6 Å². The number of ether oxygens (including phenoxy) is 1. The van der Waals surface area contributed by atoms with Crippen LogP contribution < -0.4 is 20.3 Å². The first-order valence-corrected chi connectivity index (χ1v) is 12.8. The molecule has 5 amide bonds. The predicted octanol–water partition coefficient (Wildman–Crippen LogP) is 5.62. The average molecular weight is 547 g/mol. The molecule has 3 heterocycles. The minimum atomic E-state index is -0.723. The number of hydrogen-bond acceptors (Lipinski definition) is 5. The molecular weight excluding hydrogens is 522 g/mol. The van der Waals surface area contributed by atoms with Crippen molar-refractivity contribution in [2.24, 2.45) is 5.92 Å². The van der Waals surface area contributed by atoms with Gasteiger partial charge in [-0.3, -0.25) is 9.69 Å². The van der Waals surface area contributed by atoms with E-state index in [1.807, 2.05) is 0 Å². The number of amides is 5. The Bertz CT molecular complexity index is 1620. The summed E-state index contributed by atoms with van der Waals surface area (Å²) in [6, 6.07) is 11.4. The zero-order valence-electron chi connectivity index (χ0n) is 21.1. The fourth-order valence-electron chi connectivity index (χ4n) is 4.42. The topological polar surface area (TPSA) is 108 Å². The molecule has 2 aromatic carbocycles. The molecule has 2 aliphatic rings. The first-order chi connectivity index (χ1) is 19.3. The molecule has 40 heavy (non-hydrogen) atoms. The van der Waals surface area contributed by atoms with E-state index in [9.17, 15) is 23.2 Å². The van der Waals surface area contributed by atoms with Crippen LogP contribution in [0.4, 0.5) is 35.6 Å². The minimum absolute atomic E-state index is 0.0518. The third-order valence-corrected chi connectivity index (χ3v) is 6.64. The Morgan fingerprint density at radius 3 is 2.50 bits per heavy atom. The summed E-state index contributed by atoms with van der Waals surface area (Å²) in [5.41, 5.74) is 1.20. The maximum absolute atomic E-state index is 14.9. The van der Waals surface area contributed by atoms with E-state index < -0.39 is 23.7 Å². The lowest BCUT2D eigenvalue weighted by molar-refractivity contribution is -0.117. The highest BCUT2D eigenvalue weighted by Crippen LogP contribution is 2.31. The Kier molecular flexibility index (Phi) is 6.50. The van der Waals surface area contributed by atoms with Crippen molar-refractivity contribution in [1.82, 2.24) is 14.3 Å². The molecule has 1 aliphatic heterocycles. The number of pyridine rings is 1. The lowest BCUT2D eigenvalue weighted by atomic mass is 10.2. The second-order valence-electron chi connectivity index (χ2n) is 9.61. The number of imidazole rings is 1. The number of carbonyl (C=O) groups is 3. The third-order valence-electron chi connectivity index (χ3n) is 6.64. The van der Waals surface area contributed by atoms with Crippen LogP contribution in [0.3, 0.4) is 0 Å². The lowest BCUT2D eigenvalue weighted by Gasteiger charge is -2.34. The van der Waals surface area contributed by atoms with E-state index >= 15 is 0 Å². The monoisotopic (exact) mass is 546 g/mol. The van der Waals surface area contributed by atoms with Crippen LogP contribution >= 0.6 is 0 Å². The highest BCUT2D eigenvalue weighted by molar-refractivity contribution is 6.06. The van der Waals surface area contributed by atoms with Gasteiger partial charge < -0.3 is 19.8 Å². The maximum Gasteiger partial charge on any atom is 0.332 e. The molecule has 0 unspecified atom stereocenters. The van der Waals surface area contributed by atoms with Crippen LogP contribution in [-0.2, 0) is 4.79 Å². The van der Waals surface area contributed by atoms with Gasteiger partial charge in [0.2, 0.25) is 5.91 Å². The summed E-state index contributed by atoms with van der Waals surface area (Å²) < 4.78 is 35.5. The van der Waals surface area contributed by atoms with Gasteiger partial charge in [0.25, 0.3) is 0 Å². The van der Waals surface area contributed by atoms with Crippen LogP contribution in [0.2, 0.25) is 0 Å². The molecule has 2 fully saturated rings. The number of fused-ring (bicyclic) bond motifs is 1. The minimum Gasteiger partial charge on any atom is -0.453 e. The Morgan fingerprint density at radius 2 is 1.75 bits per heavy atom. The predicted molar refractivity (Wildman–Crippen MR) is 143 cm³/mol. The van der Waals surface area contributed by atoms with Crippen molar-refractivity contribution in [3.05, 3.63) is 78.6 Å². The number of nitrogens with zero attached hydrogens (tertiary/aromatic N) is 4. The van der Waals surface area contributed by atoms with Gasteiger partial charge >= 0.3 is 12.1 Å². The summed E-state index contributed by atoms with van der Waals surface area (Å²) in [5.74, 6) is -0.466. The maximum atomic E-state index is 14.9. The number of nitrogens with one attached hydrogen (secondary N) is 2. The van der Waals surface area contributed by atoms with Gasteiger partial charge in [-0.15, -0.1) is 0 Å². The van der Waals surface area contributed by atoms with Gasteiger partial charge in [0.05, 0.1) is 12.4 Å². The standard InChI is InChI=1S/C28H24F2N6O4/c29-18-4-7-20(8-5-18)35-12-1-13-36(28(35)39)27(38)31-19-6-10-23(22(30)14-19)40-21-9-11-25-32-24(16-34(25)15-21)33-26(37)17-2-3-17/h4-11,14-17H,1-3,12-13H2,(H,31,38)(H,33,37). The normalized spacial score (nSPS) is 15.3. The van der Waals surface area contributed by atoms with E-state index in [0.29, 0.717) is 35.9 Å². The Labute approximate surface area is 227 Å². The zero-order valence-corrected chi connectivity index (χ0v) is 21.1. The molecule has 1 aliphatic carbocycles. The van der Waals surface area contributed by atoms with E-state index in [1.54, 1.807) is 28.9 Å². The highest BCUT2D eigenvalue weighted by atomic mass is 19.1. The summed E-state index contributed by atoms with van der Waals surface area (Å²) in [6.07, 6.45) is 5.55. The third kappa shape index (κ3) is 5.28. The second-order valence-corrected chi connectivity index (χ2v) is 9.61. The van der Waals surface area contributed by atoms with Crippen molar-refractivity contribution in [2.75, 3.05) is 28.6 Å². The van der Waals surface area contributed by atoms with Crippen molar-refractivity contribution >= 4 is 40.8 Å². The second kappa shape index (κ2) is 10.3. The average Bonchev–Trinajstić information content (AvgIpc) is 3.71. The van der Waals surface area contributed by atoms with Crippen molar-refractivity contribution < 1.29 is 27.9 Å². The smallest absolute Gasteiger partial charge is 0.332 e. The number of aromatic nitrogens is 2. The number of halogens is 2. The number of hydrogen-bond donors (Lipinski definition) is 2. The molecule has 0 atom stereocenters. The molecule has 2 aromatic heterocycles. The molecule has 10 nitrogen and oxygen atoms in total. The Morgan fingerprint density at radius 1 is 0.950 bits per heavy atom. The van der Waals surface area contributed by atoms with Crippen molar-refractivity contribution in [3.63, 3.8) is 0 Å². The van der Waals surface area contributed by atoms with Crippen molar-refractivity contribution in [2.45, 2.75) is 19.3 Å². The van der Waals surface area contributed by atoms with Crippen LogP contribution in [0.1, 0.15) is 19.3 Å². The molecule has 204 valence electrons. The van der Waals surface area contributed by atoms with Crippen LogP contribution in [-0.4, -0.2) is 45.3 Å². The lowest BCUT2D eigenvalue weighted by Crippen LogP contribution is -2.53. The largest absolute Gasteiger partial charge is 0.453 e. The number of benzene rings is 2. The molecule has 1 saturated carbocycles. The van der Waals surface area contributed by atoms with Gasteiger partial charge in [0, 0.05) is 36.4 Å². The summed E-state index contributed by atoms with van der Waals surface area (Å²) >= 11 is 0. The molecule has 0 bridgehead atoms.